The minimum atomic E-state index is -1.09. The second-order valence-corrected chi connectivity index (χ2v) is 16.0. The monoisotopic (exact) mass is 459 g/mol. The summed E-state index contributed by atoms with van der Waals surface area (Å²) in [5, 5.41) is 7.53. The summed E-state index contributed by atoms with van der Waals surface area (Å²) in [4.78, 5) is 12.0. The molecule has 0 unspecified atom stereocenters. The maximum atomic E-state index is 12.0. The summed E-state index contributed by atoms with van der Waals surface area (Å²) in [5.41, 5.74) is 0.696. The Hall–Kier alpha value is -0.863. The van der Waals surface area contributed by atoms with Crippen LogP contribution in [0.1, 0.15) is 51.6 Å². The lowest BCUT2D eigenvalue weighted by Crippen LogP contribution is -2.37. The van der Waals surface area contributed by atoms with Crippen molar-refractivity contribution >= 4 is 30.1 Å². The van der Waals surface area contributed by atoms with Crippen molar-refractivity contribution in [1.29, 1.82) is 0 Å². The van der Waals surface area contributed by atoms with Crippen molar-refractivity contribution in [1.82, 2.24) is 15.1 Å². The first-order chi connectivity index (χ1) is 12.4. The zero-order valence-corrected chi connectivity index (χ0v) is 20.1. The van der Waals surface area contributed by atoms with Crippen LogP contribution in [-0.2, 0) is 16.2 Å². The van der Waals surface area contributed by atoms with Gasteiger partial charge < -0.3 is 14.8 Å². The summed E-state index contributed by atoms with van der Waals surface area (Å²) in [6.45, 7) is 13.9. The smallest absolute Gasteiger partial charge is 0.407 e. The van der Waals surface area contributed by atoms with Crippen molar-refractivity contribution < 1.29 is 14.3 Å². The molecule has 0 radical (unpaired) electrons. The van der Waals surface area contributed by atoms with Crippen LogP contribution in [0.2, 0.25) is 25.7 Å². The number of ether oxygens (including phenoxy) is 2. The topological polar surface area (TPSA) is 65.4 Å². The molecule has 0 saturated heterocycles. The summed E-state index contributed by atoms with van der Waals surface area (Å²) < 4.78 is 14.0. The molecule has 1 N–H and O–H groups in total. The van der Waals surface area contributed by atoms with E-state index < -0.39 is 13.7 Å². The molecular formula is C19H34BrN3O3Si. The Bertz CT molecular complexity index is 637. The molecule has 2 atom stereocenters. The van der Waals surface area contributed by atoms with Crippen LogP contribution in [0.5, 0.6) is 0 Å². The highest BCUT2D eigenvalue weighted by atomic mass is 79.9. The summed E-state index contributed by atoms with van der Waals surface area (Å²) >= 11 is 3.49. The maximum absolute atomic E-state index is 12.0. The Balaban J connectivity index is 1.88. The van der Waals surface area contributed by atoms with Gasteiger partial charge in [-0.2, -0.15) is 5.10 Å². The fourth-order valence-corrected chi connectivity index (χ4v) is 4.40. The van der Waals surface area contributed by atoms with Crippen LogP contribution in [0.4, 0.5) is 4.79 Å². The number of alkyl carbamates (subject to hydrolysis) is 1. The first-order valence-corrected chi connectivity index (χ1v) is 14.2. The number of nitrogens with zero attached hydrogens (tertiary/aromatic N) is 2. The van der Waals surface area contributed by atoms with Crippen molar-refractivity contribution in [2.75, 3.05) is 6.61 Å². The van der Waals surface area contributed by atoms with E-state index in [1.165, 1.54) is 5.69 Å². The number of hydrogen-bond donors (Lipinski definition) is 1. The molecular weight excluding hydrogens is 426 g/mol. The molecule has 0 aliphatic heterocycles. The van der Waals surface area contributed by atoms with E-state index >= 15 is 0 Å². The van der Waals surface area contributed by atoms with E-state index in [0.717, 1.165) is 36.5 Å². The maximum Gasteiger partial charge on any atom is 0.407 e. The quantitative estimate of drug-likeness (QED) is 0.453. The number of hydrogen-bond acceptors (Lipinski definition) is 4. The van der Waals surface area contributed by atoms with E-state index in [4.69, 9.17) is 9.47 Å². The molecule has 1 heterocycles. The van der Waals surface area contributed by atoms with Crippen LogP contribution in [0.15, 0.2) is 10.7 Å². The van der Waals surface area contributed by atoms with Crippen molar-refractivity contribution in [2.45, 2.75) is 90.0 Å². The van der Waals surface area contributed by atoms with Gasteiger partial charge in [-0.25, -0.2) is 9.48 Å². The molecule has 1 aromatic rings. The van der Waals surface area contributed by atoms with Crippen LogP contribution >= 0.6 is 15.9 Å². The van der Waals surface area contributed by atoms with Gasteiger partial charge in [0.1, 0.15) is 16.9 Å². The molecule has 154 valence electrons. The van der Waals surface area contributed by atoms with Crippen molar-refractivity contribution in [2.24, 2.45) is 0 Å². The van der Waals surface area contributed by atoms with Gasteiger partial charge in [0.15, 0.2) is 0 Å². The number of aromatic nitrogens is 2. The third-order valence-corrected chi connectivity index (χ3v) is 6.65. The molecule has 1 fully saturated rings. The average molecular weight is 460 g/mol. The van der Waals surface area contributed by atoms with Crippen molar-refractivity contribution in [3.63, 3.8) is 0 Å². The molecule has 1 aliphatic rings. The number of carbonyl (C=O) groups is 1. The average Bonchev–Trinajstić information content (AvgIpc) is 3.07. The predicted molar refractivity (Wildman–Crippen MR) is 114 cm³/mol. The Kier molecular flexibility index (Phi) is 7.55. The van der Waals surface area contributed by atoms with E-state index in [1.54, 1.807) is 0 Å². The molecule has 1 aromatic heterocycles. The normalized spacial score (nSPS) is 20.7. The summed E-state index contributed by atoms with van der Waals surface area (Å²) in [6.07, 6.45) is 2.53. The van der Waals surface area contributed by atoms with Crippen molar-refractivity contribution in [3.8, 4) is 0 Å². The molecule has 1 saturated carbocycles. The van der Waals surface area contributed by atoms with Gasteiger partial charge in [-0.1, -0.05) is 19.6 Å². The molecule has 1 amide bonds. The largest absolute Gasteiger partial charge is 0.444 e. The minimum absolute atomic E-state index is 0.139. The van der Waals surface area contributed by atoms with Gasteiger partial charge in [0.2, 0.25) is 0 Å². The highest BCUT2D eigenvalue weighted by Gasteiger charge is 2.31. The Morgan fingerprint density at radius 1 is 1.37 bits per heavy atom. The Morgan fingerprint density at radius 2 is 2.07 bits per heavy atom. The fraction of sp³-hybridized carbons (Fsp3) is 0.789. The summed E-state index contributed by atoms with van der Waals surface area (Å²) in [5.74, 6) is 0.365. The third kappa shape index (κ3) is 7.95. The van der Waals surface area contributed by atoms with Crippen LogP contribution in [-0.4, -0.2) is 42.2 Å². The fourth-order valence-electron chi connectivity index (χ4n) is 3.22. The third-order valence-electron chi connectivity index (χ3n) is 4.56. The Morgan fingerprint density at radius 3 is 2.70 bits per heavy atom. The number of halogens is 1. The summed E-state index contributed by atoms with van der Waals surface area (Å²) in [6, 6.07) is 3.36. The van der Waals surface area contributed by atoms with E-state index in [9.17, 15) is 4.79 Å². The molecule has 0 bridgehead atoms. The van der Waals surface area contributed by atoms with Crippen LogP contribution in [0.3, 0.4) is 0 Å². The van der Waals surface area contributed by atoms with Gasteiger partial charge in [0, 0.05) is 32.3 Å². The highest BCUT2D eigenvalue weighted by Crippen LogP contribution is 2.35. The van der Waals surface area contributed by atoms with Crippen molar-refractivity contribution in [3.05, 3.63) is 16.4 Å². The number of amides is 1. The lowest BCUT2D eigenvalue weighted by atomic mass is 10.0. The summed E-state index contributed by atoms with van der Waals surface area (Å²) in [7, 11) is -1.09. The zero-order chi connectivity index (χ0) is 20.2. The van der Waals surface area contributed by atoms with Crippen LogP contribution in [0, 0.1) is 0 Å². The van der Waals surface area contributed by atoms with E-state index in [-0.39, 0.29) is 12.1 Å². The van der Waals surface area contributed by atoms with Crippen LogP contribution < -0.4 is 5.32 Å². The standard InChI is InChI=1S/C19H34BrN3O3Si/c1-19(2,3)26-18(24)21-15-8-7-14(11-15)16-12-17(20)22-23(16)13-25-9-10-27(4,5)6/h12,14-15H,7-11,13H2,1-6H3,(H,21,24)/t14-,15+/m0/s1. The van der Waals surface area contributed by atoms with E-state index in [0.29, 0.717) is 12.6 Å². The lowest BCUT2D eigenvalue weighted by molar-refractivity contribution is 0.0504. The Labute approximate surface area is 172 Å². The van der Waals surface area contributed by atoms with Gasteiger partial charge in [-0.05, 0) is 68.1 Å². The molecule has 0 spiro atoms. The molecule has 6 nitrogen and oxygen atoms in total. The molecule has 8 heteroatoms. The number of rotatable bonds is 7. The lowest BCUT2D eigenvalue weighted by Gasteiger charge is -2.22. The van der Waals surface area contributed by atoms with Gasteiger partial charge in [-0.15, -0.1) is 0 Å². The molecule has 27 heavy (non-hydrogen) atoms. The van der Waals surface area contributed by atoms with Gasteiger partial charge >= 0.3 is 6.09 Å². The highest BCUT2D eigenvalue weighted by molar-refractivity contribution is 9.10. The number of carbonyl (C=O) groups excluding carboxylic acids is 1. The number of nitrogens with one attached hydrogen (secondary N) is 1. The molecule has 1 aliphatic carbocycles. The van der Waals surface area contributed by atoms with Gasteiger partial charge in [0.05, 0.1) is 0 Å². The SMILES string of the molecule is CC(C)(C)OC(=O)N[C@@H]1CC[C@H](c2cc(Br)nn2COCC[Si](C)(C)C)C1. The van der Waals surface area contributed by atoms with Crippen LogP contribution in [0.25, 0.3) is 0 Å². The van der Waals surface area contributed by atoms with Gasteiger partial charge in [0.25, 0.3) is 0 Å². The zero-order valence-electron chi connectivity index (χ0n) is 17.5. The first-order valence-electron chi connectivity index (χ1n) is 9.73. The second-order valence-electron chi connectivity index (χ2n) is 9.59. The van der Waals surface area contributed by atoms with Gasteiger partial charge in [-0.3, -0.25) is 0 Å². The molecule has 0 aromatic carbocycles. The van der Waals surface area contributed by atoms with E-state index in [1.807, 2.05) is 25.5 Å². The van der Waals surface area contributed by atoms with E-state index in [2.05, 4.69) is 52.1 Å². The predicted octanol–water partition coefficient (Wildman–Crippen LogP) is 5.12. The first kappa shape index (κ1) is 22.4. The molecule has 2 rings (SSSR count). The second kappa shape index (κ2) is 9.09. The minimum Gasteiger partial charge on any atom is -0.444 e.